The van der Waals surface area contributed by atoms with Crippen LogP contribution in [0, 0.1) is 0 Å². The van der Waals surface area contributed by atoms with Crippen LogP contribution in [0.5, 0.6) is 0 Å². The average molecular weight is 291 g/mol. The normalized spacial score (nSPS) is 29.1. The van der Waals surface area contributed by atoms with Gasteiger partial charge in [0.25, 0.3) is 5.91 Å². The molecular formula is C15H21N3OS. The number of nitrogens with one attached hydrogen (secondary N) is 1. The molecule has 4 rings (SSSR count). The summed E-state index contributed by atoms with van der Waals surface area (Å²) in [6.45, 7) is 1.99. The first kappa shape index (κ1) is 12.8. The Morgan fingerprint density at radius 2 is 2.05 bits per heavy atom. The quantitative estimate of drug-likeness (QED) is 0.860. The topological polar surface area (TPSA) is 45.2 Å². The Bertz CT molecular complexity index is 490. The van der Waals surface area contributed by atoms with E-state index in [2.05, 4.69) is 15.2 Å². The maximum absolute atomic E-state index is 12.9. The lowest BCUT2D eigenvalue weighted by Crippen LogP contribution is -2.42. The van der Waals surface area contributed by atoms with Gasteiger partial charge < -0.3 is 10.2 Å². The van der Waals surface area contributed by atoms with Gasteiger partial charge in [-0.15, -0.1) is 11.3 Å². The zero-order chi connectivity index (χ0) is 13.5. The number of fused-ring (bicyclic) bond motifs is 3. The minimum atomic E-state index is 0.195. The first-order valence-electron chi connectivity index (χ1n) is 7.85. The Hall–Kier alpha value is -0.940. The number of hydrogen-bond acceptors (Lipinski definition) is 4. The number of hydrogen-bond donors (Lipinski definition) is 1. The molecule has 20 heavy (non-hydrogen) atoms. The Kier molecular flexibility index (Phi) is 3.27. The molecule has 0 unspecified atom stereocenters. The van der Waals surface area contributed by atoms with E-state index in [1.807, 2.05) is 0 Å². The number of rotatable bonds is 1. The highest BCUT2D eigenvalue weighted by Crippen LogP contribution is 2.32. The van der Waals surface area contributed by atoms with Gasteiger partial charge in [0.1, 0.15) is 0 Å². The molecule has 1 N–H and O–H groups in total. The van der Waals surface area contributed by atoms with Crippen LogP contribution in [0.15, 0.2) is 0 Å². The van der Waals surface area contributed by atoms with Crippen molar-refractivity contribution in [3.05, 3.63) is 15.6 Å². The van der Waals surface area contributed by atoms with Gasteiger partial charge in [0.15, 0.2) is 5.01 Å². The molecule has 2 fully saturated rings. The third-order valence-corrected chi connectivity index (χ3v) is 6.06. The predicted octanol–water partition coefficient (Wildman–Crippen LogP) is 1.99. The summed E-state index contributed by atoms with van der Waals surface area (Å²) in [5.41, 5.74) is 1.20. The number of nitrogens with zero attached hydrogens (tertiary/aromatic N) is 2. The van der Waals surface area contributed by atoms with Crippen LogP contribution >= 0.6 is 11.3 Å². The van der Waals surface area contributed by atoms with Crippen LogP contribution in [0.2, 0.25) is 0 Å². The first-order chi connectivity index (χ1) is 9.83. The lowest BCUT2D eigenvalue weighted by Gasteiger charge is -2.26. The Balaban J connectivity index is 1.61. The Morgan fingerprint density at radius 3 is 2.95 bits per heavy atom. The van der Waals surface area contributed by atoms with Crippen molar-refractivity contribution >= 4 is 17.2 Å². The summed E-state index contributed by atoms with van der Waals surface area (Å²) in [5, 5.41) is 4.20. The second kappa shape index (κ2) is 5.11. The largest absolute Gasteiger partial charge is 0.329 e. The summed E-state index contributed by atoms with van der Waals surface area (Å²) < 4.78 is 0. The molecule has 2 atom stereocenters. The summed E-state index contributed by atoms with van der Waals surface area (Å²) in [6.07, 6.45) is 8.07. The molecule has 2 saturated heterocycles. The molecule has 108 valence electrons. The molecule has 2 aliphatic heterocycles. The molecular weight excluding hydrogens is 270 g/mol. The van der Waals surface area contributed by atoms with E-state index < -0.39 is 0 Å². The van der Waals surface area contributed by atoms with Crippen molar-refractivity contribution in [2.75, 3.05) is 13.1 Å². The first-order valence-corrected chi connectivity index (χ1v) is 8.66. The van der Waals surface area contributed by atoms with Gasteiger partial charge in [0.05, 0.1) is 5.69 Å². The van der Waals surface area contributed by atoms with E-state index in [0.29, 0.717) is 12.1 Å². The maximum Gasteiger partial charge on any atom is 0.283 e. The van der Waals surface area contributed by atoms with E-state index in [-0.39, 0.29) is 5.91 Å². The lowest BCUT2D eigenvalue weighted by molar-refractivity contribution is 0.0679. The van der Waals surface area contributed by atoms with Crippen LogP contribution in [0.3, 0.4) is 0 Å². The highest BCUT2D eigenvalue weighted by molar-refractivity contribution is 7.13. The zero-order valence-electron chi connectivity index (χ0n) is 11.7. The molecule has 4 nitrogen and oxygen atoms in total. The monoisotopic (exact) mass is 291 g/mol. The second-order valence-electron chi connectivity index (χ2n) is 6.19. The number of aromatic nitrogens is 1. The minimum Gasteiger partial charge on any atom is -0.329 e. The number of thiazole rings is 1. The van der Waals surface area contributed by atoms with E-state index >= 15 is 0 Å². The third-order valence-electron chi connectivity index (χ3n) is 4.92. The Morgan fingerprint density at radius 1 is 1.20 bits per heavy atom. The van der Waals surface area contributed by atoms with Gasteiger partial charge in [-0.05, 0) is 51.5 Å². The van der Waals surface area contributed by atoms with Gasteiger partial charge in [-0.1, -0.05) is 0 Å². The molecule has 1 amide bonds. The van der Waals surface area contributed by atoms with Crippen molar-refractivity contribution in [1.29, 1.82) is 0 Å². The SMILES string of the molecule is O=C(c1nc2c(s1)CCCC2)N1[C@H]2CCNC[C@@H]1CC2. The summed E-state index contributed by atoms with van der Waals surface area (Å²) in [7, 11) is 0. The van der Waals surface area contributed by atoms with Crippen molar-refractivity contribution in [2.45, 2.75) is 57.0 Å². The van der Waals surface area contributed by atoms with Crippen molar-refractivity contribution in [1.82, 2.24) is 15.2 Å². The Labute approximate surface area is 123 Å². The zero-order valence-corrected chi connectivity index (χ0v) is 12.5. The van der Waals surface area contributed by atoms with Crippen molar-refractivity contribution in [2.24, 2.45) is 0 Å². The van der Waals surface area contributed by atoms with E-state index in [1.54, 1.807) is 11.3 Å². The van der Waals surface area contributed by atoms with Crippen molar-refractivity contribution in [3.63, 3.8) is 0 Å². The highest BCUT2D eigenvalue weighted by Gasteiger charge is 2.39. The number of amides is 1. The molecule has 3 heterocycles. The molecule has 0 radical (unpaired) electrons. The summed E-state index contributed by atoms with van der Waals surface area (Å²) >= 11 is 1.65. The van der Waals surface area contributed by atoms with Gasteiger partial charge in [-0.25, -0.2) is 4.98 Å². The maximum atomic E-state index is 12.9. The molecule has 2 bridgehead atoms. The summed E-state index contributed by atoms with van der Waals surface area (Å²) in [6, 6.07) is 0.819. The minimum absolute atomic E-state index is 0.195. The van der Waals surface area contributed by atoms with Crippen molar-refractivity contribution in [3.8, 4) is 0 Å². The van der Waals surface area contributed by atoms with Crippen LogP contribution in [0.1, 0.15) is 52.5 Å². The van der Waals surface area contributed by atoms with Gasteiger partial charge in [0, 0.05) is 23.5 Å². The molecule has 3 aliphatic rings. The summed E-state index contributed by atoms with van der Waals surface area (Å²) in [5.74, 6) is 0.195. The van der Waals surface area contributed by atoms with E-state index in [1.165, 1.54) is 29.8 Å². The predicted molar refractivity (Wildman–Crippen MR) is 79.2 cm³/mol. The van der Waals surface area contributed by atoms with E-state index in [9.17, 15) is 4.79 Å². The standard InChI is InChI=1S/C15H21N3OS/c19-15(14-17-12-3-1-2-4-13(12)20-14)18-10-5-6-11(18)9-16-8-7-10/h10-11,16H,1-9H2/t10-,11+/m1/s1. The highest BCUT2D eigenvalue weighted by atomic mass is 32.1. The molecule has 1 aromatic rings. The second-order valence-corrected chi connectivity index (χ2v) is 7.27. The number of aryl methyl sites for hydroxylation is 2. The molecule has 5 heteroatoms. The molecule has 0 aromatic carbocycles. The lowest BCUT2D eigenvalue weighted by atomic mass is 10.0. The van der Waals surface area contributed by atoms with Crippen molar-refractivity contribution < 1.29 is 4.79 Å². The molecule has 0 saturated carbocycles. The van der Waals surface area contributed by atoms with Crippen LogP contribution < -0.4 is 5.32 Å². The average Bonchev–Trinajstić information content (AvgIpc) is 2.98. The number of carbonyl (C=O) groups is 1. The molecule has 0 spiro atoms. The fourth-order valence-corrected chi connectivity index (χ4v) is 4.96. The molecule has 1 aliphatic carbocycles. The van der Waals surface area contributed by atoms with Crippen LogP contribution in [-0.2, 0) is 12.8 Å². The summed E-state index contributed by atoms with van der Waals surface area (Å²) in [4.78, 5) is 21.0. The van der Waals surface area contributed by atoms with Crippen LogP contribution in [0.4, 0.5) is 0 Å². The van der Waals surface area contributed by atoms with Gasteiger partial charge >= 0.3 is 0 Å². The fraction of sp³-hybridized carbons (Fsp3) is 0.733. The van der Waals surface area contributed by atoms with Gasteiger partial charge in [-0.2, -0.15) is 0 Å². The molecule has 1 aromatic heterocycles. The van der Waals surface area contributed by atoms with Crippen LogP contribution in [0.25, 0.3) is 0 Å². The fourth-order valence-electron chi connectivity index (χ4n) is 3.87. The third kappa shape index (κ3) is 2.07. The smallest absolute Gasteiger partial charge is 0.283 e. The van der Waals surface area contributed by atoms with E-state index in [4.69, 9.17) is 0 Å². The van der Waals surface area contributed by atoms with Gasteiger partial charge in [-0.3, -0.25) is 4.79 Å². The number of carbonyl (C=O) groups excluding carboxylic acids is 1. The van der Waals surface area contributed by atoms with Crippen LogP contribution in [-0.4, -0.2) is 41.0 Å². The van der Waals surface area contributed by atoms with E-state index in [0.717, 1.165) is 43.8 Å². The van der Waals surface area contributed by atoms with Gasteiger partial charge in [0.2, 0.25) is 0 Å².